The molecule has 2 atom stereocenters. The maximum absolute atomic E-state index is 12.4. The first-order valence-corrected chi connectivity index (χ1v) is 8.74. The summed E-state index contributed by atoms with van der Waals surface area (Å²) in [4.78, 5) is 17.3. The second kappa shape index (κ2) is 6.25. The monoisotopic (exact) mass is 294 g/mol. The van der Waals surface area contributed by atoms with E-state index in [1.807, 2.05) is 0 Å². The molecule has 2 aliphatic heterocycles. The van der Waals surface area contributed by atoms with E-state index in [-0.39, 0.29) is 5.54 Å². The Morgan fingerprint density at radius 1 is 1.33 bits per heavy atom. The van der Waals surface area contributed by atoms with Crippen LogP contribution in [0.4, 0.5) is 0 Å². The van der Waals surface area contributed by atoms with Gasteiger partial charge < -0.3 is 9.64 Å². The summed E-state index contributed by atoms with van der Waals surface area (Å²) in [6, 6.07) is 0.551. The van der Waals surface area contributed by atoms with Crippen LogP contribution in [0.5, 0.6) is 0 Å². The summed E-state index contributed by atoms with van der Waals surface area (Å²) in [6.45, 7) is 6.21. The third kappa shape index (κ3) is 2.85. The lowest BCUT2D eigenvalue weighted by Crippen LogP contribution is -2.63. The fourth-order valence-electron chi connectivity index (χ4n) is 4.72. The Bertz CT molecular complexity index is 383. The normalized spacial score (nSPS) is 34.1. The number of piperidine rings is 1. The number of ether oxygens (including phenoxy) is 1. The smallest absolute Gasteiger partial charge is 0.223 e. The molecule has 4 nitrogen and oxygen atoms in total. The lowest BCUT2D eigenvalue weighted by Gasteiger charge is -2.52. The van der Waals surface area contributed by atoms with Gasteiger partial charge in [0.05, 0.1) is 12.1 Å². The quantitative estimate of drug-likeness (QED) is 0.753. The van der Waals surface area contributed by atoms with Crippen molar-refractivity contribution in [3.05, 3.63) is 0 Å². The van der Waals surface area contributed by atoms with Crippen LogP contribution in [0.1, 0.15) is 51.9 Å². The van der Waals surface area contributed by atoms with E-state index in [2.05, 4.69) is 16.7 Å². The van der Waals surface area contributed by atoms with Crippen LogP contribution < -0.4 is 0 Å². The maximum Gasteiger partial charge on any atom is 0.223 e. The van der Waals surface area contributed by atoms with Gasteiger partial charge in [-0.25, -0.2) is 0 Å². The third-order valence-corrected chi connectivity index (χ3v) is 5.82. The van der Waals surface area contributed by atoms with E-state index in [9.17, 15) is 4.79 Å². The van der Waals surface area contributed by atoms with Gasteiger partial charge in [0.25, 0.3) is 0 Å². The Morgan fingerprint density at radius 3 is 2.81 bits per heavy atom. The van der Waals surface area contributed by atoms with Crippen molar-refractivity contribution in [1.82, 2.24) is 9.80 Å². The molecule has 0 radical (unpaired) electrons. The summed E-state index contributed by atoms with van der Waals surface area (Å²) in [7, 11) is 1.73. The zero-order valence-corrected chi connectivity index (χ0v) is 13.6. The molecule has 0 aromatic rings. The molecule has 0 unspecified atom stereocenters. The van der Waals surface area contributed by atoms with Crippen molar-refractivity contribution in [3.8, 4) is 0 Å². The summed E-state index contributed by atoms with van der Waals surface area (Å²) >= 11 is 0. The van der Waals surface area contributed by atoms with E-state index in [1.54, 1.807) is 7.11 Å². The standard InChI is InChI=1S/C17H30N2O2/c1-3-15-17(8-4-10-18(15)13-14-5-6-14)9-7-16(20)19(17)11-12-21-2/h14-15H,3-13H2,1-2H3/t15-,17-/m0/s1. The first kappa shape index (κ1) is 15.3. The number of amides is 1. The highest BCUT2D eigenvalue weighted by Gasteiger charge is 2.53. The Labute approximate surface area is 128 Å². The van der Waals surface area contributed by atoms with Gasteiger partial charge >= 0.3 is 0 Å². The molecule has 4 heteroatoms. The number of carbonyl (C=O) groups excluding carboxylic acids is 1. The highest BCUT2D eigenvalue weighted by Crippen LogP contribution is 2.44. The fraction of sp³-hybridized carbons (Fsp3) is 0.941. The van der Waals surface area contributed by atoms with E-state index in [4.69, 9.17) is 4.74 Å². The van der Waals surface area contributed by atoms with Gasteiger partial charge in [-0.3, -0.25) is 9.69 Å². The first-order valence-electron chi connectivity index (χ1n) is 8.74. The maximum atomic E-state index is 12.4. The van der Waals surface area contributed by atoms with Crippen LogP contribution in [0.3, 0.4) is 0 Å². The number of rotatable bonds is 6. The molecule has 3 aliphatic rings. The van der Waals surface area contributed by atoms with Gasteiger partial charge in [-0.05, 0) is 51.0 Å². The zero-order chi connectivity index (χ0) is 14.9. The highest BCUT2D eigenvalue weighted by atomic mass is 16.5. The van der Waals surface area contributed by atoms with Gasteiger partial charge in [0.2, 0.25) is 5.91 Å². The fourth-order valence-corrected chi connectivity index (χ4v) is 4.72. The summed E-state index contributed by atoms with van der Waals surface area (Å²) < 4.78 is 5.25. The Morgan fingerprint density at radius 2 is 2.14 bits per heavy atom. The Balaban J connectivity index is 1.79. The topological polar surface area (TPSA) is 32.8 Å². The molecule has 1 saturated carbocycles. The van der Waals surface area contributed by atoms with E-state index in [1.165, 1.54) is 38.8 Å². The average Bonchev–Trinajstić information content (AvgIpc) is 3.24. The number of likely N-dealkylation sites (tertiary alicyclic amines) is 2. The Hall–Kier alpha value is -0.610. The van der Waals surface area contributed by atoms with Crippen LogP contribution in [0.25, 0.3) is 0 Å². The molecule has 2 saturated heterocycles. The molecule has 1 spiro atoms. The predicted octanol–water partition coefficient (Wildman–Crippen LogP) is 2.28. The molecule has 0 N–H and O–H groups in total. The minimum Gasteiger partial charge on any atom is -0.383 e. The minimum absolute atomic E-state index is 0.0947. The van der Waals surface area contributed by atoms with Crippen LogP contribution in [0.15, 0.2) is 0 Å². The van der Waals surface area contributed by atoms with Crippen molar-refractivity contribution >= 4 is 5.91 Å². The van der Waals surface area contributed by atoms with Gasteiger partial charge in [0, 0.05) is 32.7 Å². The molecule has 2 heterocycles. The summed E-state index contributed by atoms with van der Waals surface area (Å²) in [5.41, 5.74) is 0.0947. The lowest BCUT2D eigenvalue weighted by molar-refractivity contribution is -0.136. The largest absolute Gasteiger partial charge is 0.383 e. The van der Waals surface area contributed by atoms with Gasteiger partial charge in [0.1, 0.15) is 0 Å². The molecule has 1 amide bonds. The summed E-state index contributed by atoms with van der Waals surface area (Å²) in [6.07, 6.45) is 8.18. The molecule has 120 valence electrons. The SMILES string of the molecule is CC[C@@H]1N(CC2CC2)CCC[C@]12CCC(=O)N2CCOC. The number of nitrogens with zero attached hydrogens (tertiary/aromatic N) is 2. The van der Waals surface area contributed by atoms with Crippen LogP contribution >= 0.6 is 0 Å². The van der Waals surface area contributed by atoms with Gasteiger partial charge in [-0.2, -0.15) is 0 Å². The van der Waals surface area contributed by atoms with Crippen molar-refractivity contribution in [3.63, 3.8) is 0 Å². The molecule has 0 bridgehead atoms. The first-order chi connectivity index (χ1) is 10.2. The molecular weight excluding hydrogens is 264 g/mol. The number of methoxy groups -OCH3 is 1. The predicted molar refractivity (Wildman–Crippen MR) is 83.2 cm³/mol. The van der Waals surface area contributed by atoms with Crippen LogP contribution in [0.2, 0.25) is 0 Å². The lowest BCUT2D eigenvalue weighted by atomic mass is 9.77. The van der Waals surface area contributed by atoms with E-state index < -0.39 is 0 Å². The van der Waals surface area contributed by atoms with Crippen LogP contribution in [0, 0.1) is 5.92 Å². The number of hydrogen-bond acceptors (Lipinski definition) is 3. The zero-order valence-electron chi connectivity index (χ0n) is 13.6. The minimum atomic E-state index is 0.0947. The van der Waals surface area contributed by atoms with Crippen molar-refractivity contribution in [1.29, 1.82) is 0 Å². The van der Waals surface area contributed by atoms with E-state index >= 15 is 0 Å². The Kier molecular flexibility index (Phi) is 4.55. The van der Waals surface area contributed by atoms with Gasteiger partial charge in [0.15, 0.2) is 0 Å². The second-order valence-electron chi connectivity index (χ2n) is 7.11. The highest BCUT2D eigenvalue weighted by molar-refractivity contribution is 5.80. The molecule has 3 rings (SSSR count). The number of carbonyl (C=O) groups is 1. The molecule has 21 heavy (non-hydrogen) atoms. The second-order valence-corrected chi connectivity index (χ2v) is 7.11. The molecular formula is C17H30N2O2. The van der Waals surface area contributed by atoms with Crippen molar-refractivity contribution in [2.45, 2.75) is 63.5 Å². The van der Waals surface area contributed by atoms with Crippen LogP contribution in [-0.4, -0.2) is 60.6 Å². The molecule has 1 aliphatic carbocycles. The molecule has 0 aromatic carbocycles. The summed E-state index contributed by atoms with van der Waals surface area (Å²) in [5.74, 6) is 1.28. The van der Waals surface area contributed by atoms with Crippen molar-refractivity contribution in [2.75, 3.05) is 33.4 Å². The average molecular weight is 294 g/mol. The summed E-state index contributed by atoms with van der Waals surface area (Å²) in [5, 5.41) is 0. The van der Waals surface area contributed by atoms with Crippen molar-refractivity contribution < 1.29 is 9.53 Å². The van der Waals surface area contributed by atoms with E-state index in [0.29, 0.717) is 18.6 Å². The molecule has 0 aromatic heterocycles. The van der Waals surface area contributed by atoms with Crippen molar-refractivity contribution in [2.24, 2.45) is 5.92 Å². The third-order valence-electron chi connectivity index (χ3n) is 5.82. The van der Waals surface area contributed by atoms with Gasteiger partial charge in [-0.1, -0.05) is 6.92 Å². The van der Waals surface area contributed by atoms with Gasteiger partial charge in [-0.15, -0.1) is 0 Å². The number of hydrogen-bond donors (Lipinski definition) is 0. The van der Waals surface area contributed by atoms with Crippen LogP contribution in [-0.2, 0) is 9.53 Å². The molecule has 3 fully saturated rings. The van der Waals surface area contributed by atoms with E-state index in [0.717, 1.165) is 31.7 Å².